The molecule has 0 aliphatic heterocycles. The lowest BCUT2D eigenvalue weighted by molar-refractivity contribution is 0.0925. The van der Waals surface area contributed by atoms with Gasteiger partial charge in [-0.2, -0.15) is 0 Å². The van der Waals surface area contributed by atoms with Gasteiger partial charge in [0.1, 0.15) is 5.69 Å². The van der Waals surface area contributed by atoms with Crippen molar-refractivity contribution in [2.75, 3.05) is 0 Å². The van der Waals surface area contributed by atoms with Crippen molar-refractivity contribution in [2.45, 2.75) is 18.4 Å². The number of benzene rings is 1. The molecule has 1 N–H and O–H groups in total. The molecule has 2 aromatic rings. The van der Waals surface area contributed by atoms with Crippen LogP contribution >= 0.6 is 23.2 Å². The van der Waals surface area contributed by atoms with Gasteiger partial charge in [0.2, 0.25) is 0 Å². The summed E-state index contributed by atoms with van der Waals surface area (Å²) in [4.78, 5) is 20.1. The molecular formula is C14H11Cl2N3O. The molecule has 0 bridgehead atoms. The van der Waals surface area contributed by atoms with Gasteiger partial charge in [0, 0.05) is 22.4 Å². The number of nitrogens with one attached hydrogen (secondary N) is 1. The summed E-state index contributed by atoms with van der Waals surface area (Å²) >= 11 is 12.1. The molecular weight excluding hydrogens is 297 g/mol. The van der Waals surface area contributed by atoms with Crippen LogP contribution in [-0.4, -0.2) is 15.9 Å². The van der Waals surface area contributed by atoms with Crippen LogP contribution in [-0.2, 0) is 5.54 Å². The first kappa shape index (κ1) is 13.3. The van der Waals surface area contributed by atoms with Crippen molar-refractivity contribution in [3.05, 3.63) is 58.1 Å². The van der Waals surface area contributed by atoms with Crippen molar-refractivity contribution in [3.63, 3.8) is 0 Å². The lowest BCUT2D eigenvalue weighted by Gasteiger charge is -2.19. The lowest BCUT2D eigenvalue weighted by atomic mass is 10.0. The fourth-order valence-electron chi connectivity index (χ4n) is 2.16. The molecule has 0 spiro atoms. The Morgan fingerprint density at radius 1 is 1.25 bits per heavy atom. The third kappa shape index (κ3) is 2.49. The molecule has 0 radical (unpaired) electrons. The summed E-state index contributed by atoms with van der Waals surface area (Å²) in [5.41, 5.74) is 0.778. The third-order valence-corrected chi connectivity index (χ3v) is 3.89. The normalized spacial score (nSPS) is 15.7. The molecule has 1 aliphatic rings. The predicted molar refractivity (Wildman–Crippen MR) is 76.9 cm³/mol. The highest BCUT2D eigenvalue weighted by atomic mass is 35.5. The van der Waals surface area contributed by atoms with Gasteiger partial charge < -0.3 is 5.32 Å². The van der Waals surface area contributed by atoms with Crippen LogP contribution in [0.3, 0.4) is 0 Å². The van der Waals surface area contributed by atoms with Gasteiger partial charge >= 0.3 is 0 Å². The highest BCUT2D eigenvalue weighted by molar-refractivity contribution is 6.35. The zero-order chi connectivity index (χ0) is 14.2. The van der Waals surface area contributed by atoms with E-state index in [1.807, 2.05) is 6.07 Å². The molecule has 0 atom stereocenters. The molecule has 102 valence electrons. The Bertz CT molecular complexity index is 657. The van der Waals surface area contributed by atoms with Crippen LogP contribution < -0.4 is 5.32 Å². The highest BCUT2D eigenvalue weighted by Crippen LogP contribution is 2.48. The largest absolute Gasteiger partial charge is 0.341 e. The van der Waals surface area contributed by atoms with Crippen LogP contribution in [0.15, 0.2) is 36.8 Å². The second kappa shape index (κ2) is 5.04. The Morgan fingerprint density at radius 2 is 2.05 bits per heavy atom. The van der Waals surface area contributed by atoms with E-state index in [-0.39, 0.29) is 5.91 Å². The quantitative estimate of drug-likeness (QED) is 0.947. The Kier molecular flexibility index (Phi) is 3.36. The molecule has 3 rings (SSSR count). The standard InChI is InChI=1S/C14H11Cl2N3O/c15-9-1-2-10(11(16)7-9)14(3-4-14)19-13(20)12-8-17-5-6-18-12/h1-2,5-8H,3-4H2,(H,19,20). The fourth-order valence-corrected chi connectivity index (χ4v) is 2.75. The number of halogens is 2. The van der Waals surface area contributed by atoms with Gasteiger partial charge in [-0.1, -0.05) is 29.3 Å². The van der Waals surface area contributed by atoms with Crippen LogP contribution in [0.2, 0.25) is 10.0 Å². The van der Waals surface area contributed by atoms with Gasteiger partial charge in [0.05, 0.1) is 11.7 Å². The number of carbonyl (C=O) groups excluding carboxylic acids is 1. The number of carbonyl (C=O) groups is 1. The van der Waals surface area contributed by atoms with Crippen molar-refractivity contribution in [2.24, 2.45) is 0 Å². The summed E-state index contributed by atoms with van der Waals surface area (Å²) < 4.78 is 0. The van der Waals surface area contributed by atoms with E-state index in [1.54, 1.807) is 12.1 Å². The van der Waals surface area contributed by atoms with Crippen molar-refractivity contribution in [1.82, 2.24) is 15.3 Å². The van der Waals surface area contributed by atoms with E-state index in [0.717, 1.165) is 18.4 Å². The Labute approximate surface area is 126 Å². The summed E-state index contributed by atoms with van der Waals surface area (Å²) in [5.74, 6) is -0.249. The SMILES string of the molecule is O=C(NC1(c2ccc(Cl)cc2Cl)CC1)c1cnccn1. The maximum atomic E-state index is 12.2. The summed E-state index contributed by atoms with van der Waals surface area (Å²) in [5, 5.41) is 4.13. The zero-order valence-corrected chi connectivity index (χ0v) is 11.9. The molecule has 1 amide bonds. The lowest BCUT2D eigenvalue weighted by Crippen LogP contribution is -2.35. The summed E-state index contributed by atoms with van der Waals surface area (Å²) in [6, 6.07) is 5.32. The minimum Gasteiger partial charge on any atom is -0.341 e. The van der Waals surface area contributed by atoms with Gasteiger partial charge in [-0.05, 0) is 30.5 Å². The third-order valence-electron chi connectivity index (χ3n) is 3.35. The van der Waals surface area contributed by atoms with Crippen molar-refractivity contribution >= 4 is 29.1 Å². The zero-order valence-electron chi connectivity index (χ0n) is 10.4. The van der Waals surface area contributed by atoms with Gasteiger partial charge in [-0.25, -0.2) is 4.98 Å². The average Bonchev–Trinajstić information content (AvgIpc) is 3.20. The topological polar surface area (TPSA) is 54.9 Å². The number of hydrogen-bond donors (Lipinski definition) is 1. The summed E-state index contributed by atoms with van der Waals surface area (Å²) in [6.07, 6.45) is 6.15. The van der Waals surface area contributed by atoms with Gasteiger partial charge in [-0.3, -0.25) is 9.78 Å². The smallest absolute Gasteiger partial charge is 0.272 e. The van der Waals surface area contributed by atoms with Crippen molar-refractivity contribution in [1.29, 1.82) is 0 Å². The summed E-state index contributed by atoms with van der Waals surface area (Å²) in [7, 11) is 0. The van der Waals surface area contributed by atoms with Gasteiger partial charge in [0.25, 0.3) is 5.91 Å². The van der Waals surface area contributed by atoms with E-state index in [0.29, 0.717) is 15.7 Å². The molecule has 20 heavy (non-hydrogen) atoms. The molecule has 1 heterocycles. The number of hydrogen-bond acceptors (Lipinski definition) is 3. The van der Waals surface area contributed by atoms with Gasteiger partial charge in [0.15, 0.2) is 0 Å². The second-order valence-electron chi connectivity index (χ2n) is 4.75. The Morgan fingerprint density at radius 3 is 2.65 bits per heavy atom. The Hall–Kier alpha value is -1.65. The minimum atomic E-state index is -0.406. The number of aromatic nitrogens is 2. The molecule has 1 saturated carbocycles. The van der Waals surface area contributed by atoms with E-state index >= 15 is 0 Å². The van der Waals surface area contributed by atoms with E-state index < -0.39 is 5.54 Å². The Balaban J connectivity index is 1.85. The molecule has 0 unspecified atom stereocenters. The van der Waals surface area contributed by atoms with E-state index in [4.69, 9.17) is 23.2 Å². The van der Waals surface area contributed by atoms with Crippen LogP contribution in [0.1, 0.15) is 28.9 Å². The maximum Gasteiger partial charge on any atom is 0.272 e. The van der Waals surface area contributed by atoms with Crippen molar-refractivity contribution < 1.29 is 4.79 Å². The predicted octanol–water partition coefficient (Wildman–Crippen LogP) is 3.20. The molecule has 4 nitrogen and oxygen atoms in total. The van der Waals surface area contributed by atoms with E-state index in [1.165, 1.54) is 18.6 Å². The van der Waals surface area contributed by atoms with Crippen molar-refractivity contribution in [3.8, 4) is 0 Å². The summed E-state index contributed by atoms with van der Waals surface area (Å²) in [6.45, 7) is 0. The first-order valence-corrected chi connectivity index (χ1v) is 6.90. The highest BCUT2D eigenvalue weighted by Gasteiger charge is 2.47. The minimum absolute atomic E-state index is 0.249. The molecule has 1 aliphatic carbocycles. The number of nitrogens with zero attached hydrogens (tertiary/aromatic N) is 2. The molecule has 1 aromatic carbocycles. The first-order chi connectivity index (χ1) is 9.61. The van der Waals surface area contributed by atoms with E-state index in [9.17, 15) is 4.79 Å². The van der Waals surface area contributed by atoms with Crippen LogP contribution in [0.4, 0.5) is 0 Å². The van der Waals surface area contributed by atoms with E-state index in [2.05, 4.69) is 15.3 Å². The molecule has 1 aromatic heterocycles. The number of rotatable bonds is 3. The maximum absolute atomic E-state index is 12.2. The van der Waals surface area contributed by atoms with Crippen LogP contribution in [0, 0.1) is 0 Å². The van der Waals surface area contributed by atoms with Crippen LogP contribution in [0.25, 0.3) is 0 Å². The molecule has 6 heteroatoms. The first-order valence-electron chi connectivity index (χ1n) is 6.15. The molecule has 0 saturated heterocycles. The second-order valence-corrected chi connectivity index (χ2v) is 5.59. The number of amides is 1. The monoisotopic (exact) mass is 307 g/mol. The average molecular weight is 308 g/mol. The van der Waals surface area contributed by atoms with Crippen LogP contribution in [0.5, 0.6) is 0 Å². The fraction of sp³-hybridized carbons (Fsp3) is 0.214. The van der Waals surface area contributed by atoms with Gasteiger partial charge in [-0.15, -0.1) is 0 Å². The molecule has 1 fully saturated rings.